The van der Waals surface area contributed by atoms with Gasteiger partial charge in [-0.1, -0.05) is 30.3 Å². The van der Waals surface area contributed by atoms with E-state index in [2.05, 4.69) is 5.32 Å². The van der Waals surface area contributed by atoms with Gasteiger partial charge in [-0.3, -0.25) is 14.5 Å². The van der Waals surface area contributed by atoms with Crippen LogP contribution in [-0.4, -0.2) is 35.0 Å². The summed E-state index contributed by atoms with van der Waals surface area (Å²) in [5.41, 5.74) is 1.68. The first-order valence-corrected chi connectivity index (χ1v) is 7.51. The number of anilines is 1. The number of carbonyl (C=O) groups excluding carboxylic acids is 2. The fourth-order valence-corrected chi connectivity index (χ4v) is 2.55. The summed E-state index contributed by atoms with van der Waals surface area (Å²) in [6.07, 6.45) is 0. The molecule has 0 aliphatic carbocycles. The molecule has 116 valence electrons. The lowest BCUT2D eigenvalue weighted by Crippen LogP contribution is -2.33. The summed E-state index contributed by atoms with van der Waals surface area (Å²) in [7, 11) is 0. The van der Waals surface area contributed by atoms with Crippen LogP contribution in [0.4, 0.5) is 5.69 Å². The summed E-state index contributed by atoms with van der Waals surface area (Å²) in [6.45, 7) is 0.299. The average molecular weight is 326 g/mol. The molecule has 1 heterocycles. The van der Waals surface area contributed by atoms with E-state index in [1.165, 1.54) is 4.90 Å². The normalized spacial score (nSPS) is 13.0. The Bertz CT molecular complexity index is 726. The van der Waals surface area contributed by atoms with E-state index in [1.54, 1.807) is 24.3 Å². The zero-order chi connectivity index (χ0) is 16.2. The molecule has 0 aromatic heterocycles. The monoisotopic (exact) mass is 326 g/mol. The lowest BCUT2D eigenvalue weighted by atomic mass is 10.1. The maximum Gasteiger partial charge on any atom is 0.261 e. The van der Waals surface area contributed by atoms with Crippen molar-refractivity contribution >= 4 is 34.9 Å². The van der Waals surface area contributed by atoms with Crippen molar-refractivity contribution in [2.24, 2.45) is 0 Å². The van der Waals surface area contributed by atoms with E-state index in [-0.39, 0.29) is 30.1 Å². The first kappa shape index (κ1) is 15.2. The van der Waals surface area contributed by atoms with Crippen molar-refractivity contribution in [3.63, 3.8) is 0 Å². The van der Waals surface area contributed by atoms with Crippen molar-refractivity contribution in [1.82, 2.24) is 4.90 Å². The molecule has 3 rings (SSSR count). The third kappa shape index (κ3) is 3.22. The highest BCUT2D eigenvalue weighted by atomic mass is 32.1. The van der Waals surface area contributed by atoms with Crippen LogP contribution in [0.15, 0.2) is 54.6 Å². The quantitative estimate of drug-likeness (QED) is 0.691. The molecule has 1 aliphatic rings. The zero-order valence-electron chi connectivity index (χ0n) is 12.2. The largest absolute Gasteiger partial charge is 0.469 e. The number of para-hydroxylation sites is 1. The number of hydrogen-bond donors (Lipinski definition) is 1. The van der Waals surface area contributed by atoms with E-state index in [4.69, 9.17) is 17.0 Å². The van der Waals surface area contributed by atoms with Crippen molar-refractivity contribution in [2.45, 2.75) is 0 Å². The molecule has 6 heteroatoms. The molecule has 1 N–H and O–H groups in total. The van der Waals surface area contributed by atoms with Gasteiger partial charge >= 0.3 is 0 Å². The number of imide groups is 1. The Balaban J connectivity index is 1.53. The van der Waals surface area contributed by atoms with Crippen LogP contribution in [0.25, 0.3) is 0 Å². The number of rotatable bonds is 4. The van der Waals surface area contributed by atoms with E-state index in [1.807, 2.05) is 30.3 Å². The summed E-state index contributed by atoms with van der Waals surface area (Å²) < 4.78 is 5.38. The lowest BCUT2D eigenvalue weighted by Gasteiger charge is -2.15. The summed E-state index contributed by atoms with van der Waals surface area (Å²) in [5, 5.41) is 3.13. The standard InChI is InChI=1S/C17H14N2O3S/c20-15-13-8-4-5-9-14(13)16(21)19(15)10-11-22-17(23)18-12-6-2-1-3-7-12/h1-9H,10-11H2,(H,18,23). The summed E-state index contributed by atoms with van der Waals surface area (Å²) in [6, 6.07) is 16.2. The van der Waals surface area contributed by atoms with Gasteiger partial charge in [-0.25, -0.2) is 0 Å². The topological polar surface area (TPSA) is 58.6 Å². The number of hydrogen-bond acceptors (Lipinski definition) is 4. The van der Waals surface area contributed by atoms with Crippen molar-refractivity contribution in [3.05, 3.63) is 65.7 Å². The number of thiocarbonyl (C=S) groups is 1. The summed E-state index contributed by atoms with van der Waals surface area (Å²) in [5.74, 6) is -0.590. The van der Waals surface area contributed by atoms with Crippen LogP contribution in [0.5, 0.6) is 0 Å². The highest BCUT2D eigenvalue weighted by Gasteiger charge is 2.34. The highest BCUT2D eigenvalue weighted by Crippen LogP contribution is 2.21. The van der Waals surface area contributed by atoms with Crippen LogP contribution >= 0.6 is 12.2 Å². The minimum absolute atomic E-state index is 0.143. The van der Waals surface area contributed by atoms with Crippen molar-refractivity contribution < 1.29 is 14.3 Å². The van der Waals surface area contributed by atoms with Gasteiger partial charge in [0.1, 0.15) is 6.61 Å². The van der Waals surface area contributed by atoms with E-state index in [0.717, 1.165) is 5.69 Å². The van der Waals surface area contributed by atoms with Gasteiger partial charge in [0.15, 0.2) is 0 Å². The Morgan fingerprint density at radius 3 is 2.13 bits per heavy atom. The highest BCUT2D eigenvalue weighted by molar-refractivity contribution is 7.80. The van der Waals surface area contributed by atoms with Gasteiger partial charge in [-0.05, 0) is 36.5 Å². The Kier molecular flexibility index (Phi) is 4.34. The molecule has 0 spiro atoms. The number of amides is 2. The third-order valence-corrected chi connectivity index (χ3v) is 3.67. The average Bonchev–Trinajstić information content (AvgIpc) is 2.81. The van der Waals surface area contributed by atoms with Gasteiger partial charge in [0, 0.05) is 5.69 Å². The Hall–Kier alpha value is -2.73. The van der Waals surface area contributed by atoms with Crippen molar-refractivity contribution in [2.75, 3.05) is 18.5 Å². The number of ether oxygens (including phenoxy) is 1. The summed E-state index contributed by atoms with van der Waals surface area (Å²) >= 11 is 5.08. The predicted molar refractivity (Wildman–Crippen MR) is 90.4 cm³/mol. The SMILES string of the molecule is O=C1c2ccccc2C(=O)N1CCOC(=S)Nc1ccccc1. The third-order valence-electron chi connectivity index (χ3n) is 3.45. The minimum atomic E-state index is -0.295. The van der Waals surface area contributed by atoms with Crippen LogP contribution in [0, 0.1) is 0 Å². The maximum atomic E-state index is 12.2. The second-order valence-corrected chi connectivity index (χ2v) is 5.31. The molecule has 2 aromatic rings. The zero-order valence-corrected chi connectivity index (χ0v) is 13.0. The molecule has 1 aliphatic heterocycles. The molecule has 5 nitrogen and oxygen atoms in total. The van der Waals surface area contributed by atoms with Crippen LogP contribution in [0.2, 0.25) is 0 Å². The second kappa shape index (κ2) is 6.58. The minimum Gasteiger partial charge on any atom is -0.469 e. The number of carbonyl (C=O) groups is 2. The molecular weight excluding hydrogens is 312 g/mol. The fourth-order valence-electron chi connectivity index (χ4n) is 2.35. The van der Waals surface area contributed by atoms with Crippen LogP contribution in [-0.2, 0) is 4.74 Å². The predicted octanol–water partition coefficient (Wildman–Crippen LogP) is 2.70. The molecule has 0 saturated heterocycles. The Labute approximate surface area is 138 Å². The first-order chi connectivity index (χ1) is 11.2. The molecule has 0 saturated carbocycles. The number of fused-ring (bicyclic) bond motifs is 1. The van der Waals surface area contributed by atoms with E-state index >= 15 is 0 Å². The second-order valence-electron chi connectivity index (χ2n) is 4.93. The molecule has 0 fully saturated rings. The van der Waals surface area contributed by atoms with Gasteiger partial charge in [0.05, 0.1) is 17.7 Å². The molecule has 23 heavy (non-hydrogen) atoms. The Morgan fingerprint density at radius 2 is 1.52 bits per heavy atom. The van der Waals surface area contributed by atoms with E-state index in [0.29, 0.717) is 11.1 Å². The maximum absolute atomic E-state index is 12.2. The molecule has 2 amide bonds. The molecule has 0 bridgehead atoms. The van der Waals surface area contributed by atoms with Crippen molar-refractivity contribution in [1.29, 1.82) is 0 Å². The van der Waals surface area contributed by atoms with E-state index in [9.17, 15) is 9.59 Å². The first-order valence-electron chi connectivity index (χ1n) is 7.11. The molecule has 0 unspecified atom stereocenters. The molecule has 0 radical (unpaired) electrons. The molecular formula is C17H14N2O3S. The number of nitrogens with one attached hydrogen (secondary N) is 1. The number of nitrogens with zero attached hydrogens (tertiary/aromatic N) is 1. The summed E-state index contributed by atoms with van der Waals surface area (Å²) in [4.78, 5) is 25.5. The van der Waals surface area contributed by atoms with Gasteiger partial charge in [-0.15, -0.1) is 0 Å². The number of benzene rings is 2. The van der Waals surface area contributed by atoms with Crippen LogP contribution in [0.3, 0.4) is 0 Å². The molecule has 2 aromatic carbocycles. The van der Waals surface area contributed by atoms with Gasteiger partial charge < -0.3 is 10.1 Å². The van der Waals surface area contributed by atoms with Crippen LogP contribution in [0.1, 0.15) is 20.7 Å². The van der Waals surface area contributed by atoms with Crippen LogP contribution < -0.4 is 5.32 Å². The van der Waals surface area contributed by atoms with Gasteiger partial charge in [0.2, 0.25) is 0 Å². The smallest absolute Gasteiger partial charge is 0.261 e. The lowest BCUT2D eigenvalue weighted by molar-refractivity contribution is 0.0629. The van der Waals surface area contributed by atoms with Gasteiger partial charge in [-0.2, -0.15) is 0 Å². The van der Waals surface area contributed by atoms with Crippen molar-refractivity contribution in [3.8, 4) is 0 Å². The molecule has 0 atom stereocenters. The Morgan fingerprint density at radius 1 is 0.957 bits per heavy atom. The fraction of sp³-hybridized carbons (Fsp3) is 0.118. The van der Waals surface area contributed by atoms with Gasteiger partial charge in [0.25, 0.3) is 17.0 Å². The van der Waals surface area contributed by atoms with E-state index < -0.39 is 0 Å².